The first kappa shape index (κ1) is 8.15. The molecule has 0 aliphatic heterocycles. The zero-order valence-electron chi connectivity index (χ0n) is 4.01. The van der Waals surface area contributed by atoms with Crippen LogP contribution in [0.1, 0.15) is 0 Å². The number of hydrogen-bond donors (Lipinski definition) is 0. The van der Waals surface area contributed by atoms with E-state index in [-0.39, 0.29) is 0 Å². The second kappa shape index (κ2) is 7.15. The van der Waals surface area contributed by atoms with Gasteiger partial charge in [0.2, 0.25) is 0 Å². The van der Waals surface area contributed by atoms with Crippen LogP contribution in [0.15, 0.2) is 24.5 Å². The molecule has 1 heterocycles. The van der Waals surface area contributed by atoms with E-state index in [9.17, 15) is 0 Å². The van der Waals surface area contributed by atoms with Gasteiger partial charge in [-0.05, 0) is 0 Å². The van der Waals surface area contributed by atoms with Gasteiger partial charge in [0.25, 0.3) is 0 Å². The van der Waals surface area contributed by atoms with Crippen molar-refractivity contribution in [2.24, 2.45) is 0 Å². The summed E-state index contributed by atoms with van der Waals surface area (Å²) < 4.78 is 0. The monoisotopic (exact) mass is 212 g/mol. The molecule has 1 nitrogen and oxygen atoms in total. The van der Waals surface area contributed by atoms with Crippen LogP contribution < -0.4 is 0 Å². The molecule has 0 radical (unpaired) electrons. The molecule has 0 fully saturated rings. The molecule has 43 valence electrons. The van der Waals surface area contributed by atoms with Crippen LogP contribution >= 0.6 is 14.1 Å². The summed E-state index contributed by atoms with van der Waals surface area (Å²) in [5.74, 6) is 0. The first-order valence-corrected chi connectivity index (χ1v) is 4.82. The average molecular weight is 213 g/mol. The summed E-state index contributed by atoms with van der Waals surface area (Å²) in [7, 11) is 0. The van der Waals surface area contributed by atoms with Crippen molar-refractivity contribution in [2.75, 3.05) is 0 Å². The summed E-state index contributed by atoms with van der Waals surface area (Å²) in [5, 5.41) is 0. The summed E-state index contributed by atoms with van der Waals surface area (Å²) in [4.78, 5) is 3.73. The summed E-state index contributed by atoms with van der Waals surface area (Å²) >= 11 is 5.50. The zero-order chi connectivity index (χ0) is 6.24. The number of aromatic nitrogens is 1. The third-order valence-electron chi connectivity index (χ3n) is 0.514. The van der Waals surface area contributed by atoms with Crippen LogP contribution in [-0.2, 0) is 14.2 Å². The minimum atomic E-state index is 1.62. The Hall–Kier alpha value is 0.149. The van der Waals surface area contributed by atoms with E-state index in [1.165, 1.54) is 0 Å². The molecule has 0 aliphatic carbocycles. The Morgan fingerprint density at radius 3 is 2.38 bits per heavy atom. The van der Waals surface area contributed by atoms with Gasteiger partial charge in [-0.15, -0.1) is 0 Å². The molecule has 0 aliphatic rings. The Kier molecular flexibility index (Phi) is 7.28. The molecule has 3 heteroatoms. The Morgan fingerprint density at radius 1 is 1.50 bits per heavy atom. The topological polar surface area (TPSA) is 12.9 Å². The molecule has 1 aromatic heterocycles. The smallest absolute Gasteiger partial charge is 0.0558 e. The molecule has 0 spiro atoms. The van der Waals surface area contributed by atoms with Crippen molar-refractivity contribution in [2.45, 2.75) is 0 Å². The molecule has 0 bridgehead atoms. The fraction of sp³-hybridized carbons (Fsp3) is 0. The van der Waals surface area contributed by atoms with Gasteiger partial charge < -0.3 is 4.98 Å². The maximum atomic E-state index is 3.73. The van der Waals surface area contributed by atoms with Crippen molar-refractivity contribution in [3.63, 3.8) is 0 Å². The number of nitrogens with zero attached hydrogens (tertiary/aromatic N) is 1. The van der Waals surface area contributed by atoms with Crippen molar-refractivity contribution in [3.8, 4) is 0 Å². The molecule has 1 aromatic rings. The van der Waals surface area contributed by atoms with Gasteiger partial charge in [0, 0.05) is 0 Å². The minimum Gasteiger partial charge on any atom is -0.304 e. The van der Waals surface area contributed by atoms with Gasteiger partial charge in [0.1, 0.15) is 0 Å². The van der Waals surface area contributed by atoms with Gasteiger partial charge in [0.15, 0.2) is 0 Å². The Balaban J connectivity index is 0.000000222. The van der Waals surface area contributed by atoms with E-state index in [1.807, 2.05) is 12.1 Å². The molecular formula is C5H4BrMnN. The van der Waals surface area contributed by atoms with E-state index < -0.39 is 0 Å². The molecule has 0 N–H and O–H groups in total. The quantitative estimate of drug-likeness (QED) is 0.472. The van der Waals surface area contributed by atoms with Crippen LogP contribution in [0.3, 0.4) is 0 Å². The first-order valence-electron chi connectivity index (χ1n) is 1.90. The van der Waals surface area contributed by atoms with Crippen LogP contribution in [0.2, 0.25) is 0 Å². The maximum absolute atomic E-state index is 3.73. The van der Waals surface area contributed by atoms with Crippen molar-refractivity contribution >= 4 is 14.1 Å². The molecule has 0 saturated heterocycles. The molecule has 0 saturated carbocycles. The fourth-order valence-electron chi connectivity index (χ4n) is 0.277. The Morgan fingerprint density at radius 2 is 2.25 bits per heavy atom. The van der Waals surface area contributed by atoms with E-state index in [4.69, 9.17) is 0 Å². The summed E-state index contributed by atoms with van der Waals surface area (Å²) in [6.45, 7) is 0. The van der Waals surface area contributed by atoms with E-state index in [0.717, 1.165) is 0 Å². The predicted octanol–water partition coefficient (Wildman–Crippen LogP) is 1.72. The first-order chi connectivity index (χ1) is 4.00. The predicted molar refractivity (Wildman–Crippen MR) is 32.0 cm³/mol. The second-order valence-electron chi connectivity index (χ2n) is 0.953. The van der Waals surface area contributed by atoms with Crippen molar-refractivity contribution in [1.29, 1.82) is 0 Å². The Labute approximate surface area is 64.0 Å². The van der Waals surface area contributed by atoms with Gasteiger partial charge in [0.05, 0.1) is 0 Å². The number of halogens is 1. The molecule has 0 aromatic carbocycles. The summed E-state index contributed by atoms with van der Waals surface area (Å²) in [6.07, 6.45) is 3.34. The maximum Gasteiger partial charge on any atom is -0.0558 e. The van der Waals surface area contributed by atoms with Gasteiger partial charge >= 0.3 is 28.3 Å². The Bertz CT molecular complexity index is 84.4. The minimum absolute atomic E-state index is 1.62. The van der Waals surface area contributed by atoms with Gasteiger partial charge in [-0.2, -0.15) is 6.07 Å². The van der Waals surface area contributed by atoms with E-state index in [1.54, 1.807) is 12.4 Å². The largest absolute Gasteiger partial charge is 0.304 e. The summed E-state index contributed by atoms with van der Waals surface area (Å²) in [5.41, 5.74) is 0. The van der Waals surface area contributed by atoms with Crippen LogP contribution in [0, 0.1) is 6.07 Å². The molecule has 1 rings (SSSR count). The van der Waals surface area contributed by atoms with Crippen molar-refractivity contribution < 1.29 is 14.2 Å². The second-order valence-corrected chi connectivity index (χ2v) is 0.953. The number of rotatable bonds is 0. The van der Waals surface area contributed by atoms with Crippen LogP contribution in [0.5, 0.6) is 0 Å². The van der Waals surface area contributed by atoms with E-state index >= 15 is 0 Å². The molecular weight excluding hydrogens is 209 g/mol. The van der Waals surface area contributed by atoms with Crippen LogP contribution in [-0.4, -0.2) is 4.98 Å². The molecule has 0 atom stereocenters. The SMILES string of the molecule is [Mn+][Br].[c-]1cccnc1. The van der Waals surface area contributed by atoms with Crippen molar-refractivity contribution in [3.05, 3.63) is 30.6 Å². The summed E-state index contributed by atoms with van der Waals surface area (Å²) in [6, 6.07) is 6.43. The van der Waals surface area contributed by atoms with Crippen LogP contribution in [0.4, 0.5) is 0 Å². The van der Waals surface area contributed by atoms with E-state index in [0.29, 0.717) is 0 Å². The zero-order valence-corrected chi connectivity index (χ0v) is 6.78. The van der Waals surface area contributed by atoms with Gasteiger partial charge in [-0.25, -0.2) is 12.1 Å². The normalized spacial score (nSPS) is 6.62. The van der Waals surface area contributed by atoms with Gasteiger partial charge in [-0.3, -0.25) is 0 Å². The number of pyridine rings is 1. The fourth-order valence-corrected chi connectivity index (χ4v) is 0.277. The third kappa shape index (κ3) is 4.31. The van der Waals surface area contributed by atoms with E-state index in [2.05, 4.69) is 39.4 Å². The third-order valence-corrected chi connectivity index (χ3v) is 0.514. The number of hydrogen-bond acceptors (Lipinski definition) is 1. The van der Waals surface area contributed by atoms with Crippen molar-refractivity contribution in [1.82, 2.24) is 4.98 Å². The van der Waals surface area contributed by atoms with Gasteiger partial charge in [-0.1, -0.05) is 12.4 Å². The molecule has 0 amide bonds. The average Bonchev–Trinajstić information content (AvgIpc) is 1.96. The molecule has 8 heavy (non-hydrogen) atoms. The molecule has 0 unspecified atom stereocenters. The standard InChI is InChI=1S/C5H4N.BrH.Mn/c1-2-4-6-5-3-1;;/h1-2,4-5H;1H;/q-1;;+2/p-1. The van der Waals surface area contributed by atoms with Crippen LogP contribution in [0.25, 0.3) is 0 Å².